The monoisotopic (exact) mass is 179 g/mol. The van der Waals surface area contributed by atoms with Gasteiger partial charge in [0.15, 0.2) is 5.01 Å². The van der Waals surface area contributed by atoms with Gasteiger partial charge in [-0.15, -0.1) is 11.3 Å². The molecule has 0 spiro atoms. The molecule has 0 aromatic carbocycles. The lowest BCUT2D eigenvalue weighted by atomic mass is 9.88. The van der Waals surface area contributed by atoms with Crippen molar-refractivity contribution < 1.29 is 18.8 Å². The Morgan fingerprint density at radius 2 is 2.18 bits per heavy atom. The average molecular weight is 179 g/mol. The summed E-state index contributed by atoms with van der Waals surface area (Å²) >= 11 is 0.705. The number of alkyl halides is 2. The van der Waals surface area contributed by atoms with Gasteiger partial charge >= 0.3 is 7.12 Å². The van der Waals surface area contributed by atoms with Crippen LogP contribution in [0.3, 0.4) is 0 Å². The quantitative estimate of drug-likeness (QED) is 0.616. The number of hydrogen-bond acceptors (Lipinski definition) is 4. The molecule has 1 rings (SSSR count). The molecule has 7 heteroatoms. The number of rotatable bonds is 2. The zero-order valence-electron chi connectivity index (χ0n) is 5.24. The Balaban J connectivity index is 2.82. The Hall–Kier alpha value is -0.525. The van der Waals surface area contributed by atoms with Crippen LogP contribution in [0.5, 0.6) is 0 Å². The van der Waals surface area contributed by atoms with Crippen LogP contribution in [-0.2, 0) is 0 Å². The number of thiazole rings is 1. The van der Waals surface area contributed by atoms with Crippen molar-refractivity contribution in [1.82, 2.24) is 4.98 Å². The smallest absolute Gasteiger partial charge is 0.422 e. The molecule has 11 heavy (non-hydrogen) atoms. The van der Waals surface area contributed by atoms with Gasteiger partial charge in [0.25, 0.3) is 6.43 Å². The highest BCUT2D eigenvalue weighted by atomic mass is 32.1. The van der Waals surface area contributed by atoms with Crippen molar-refractivity contribution in [3.8, 4) is 0 Å². The maximum atomic E-state index is 11.8. The third kappa shape index (κ3) is 1.95. The van der Waals surface area contributed by atoms with E-state index in [1.54, 1.807) is 0 Å². The molecule has 0 radical (unpaired) electrons. The summed E-state index contributed by atoms with van der Waals surface area (Å²) in [7, 11) is -1.77. The van der Waals surface area contributed by atoms with E-state index in [-0.39, 0.29) is 5.59 Å². The highest BCUT2D eigenvalue weighted by molar-refractivity contribution is 7.10. The van der Waals surface area contributed by atoms with Crippen molar-refractivity contribution in [3.63, 3.8) is 0 Å². The molecule has 0 unspecified atom stereocenters. The van der Waals surface area contributed by atoms with E-state index in [1.807, 2.05) is 0 Å². The van der Waals surface area contributed by atoms with E-state index in [9.17, 15) is 8.78 Å². The summed E-state index contributed by atoms with van der Waals surface area (Å²) < 4.78 is 23.7. The largest absolute Gasteiger partial charge is 0.509 e. The first kappa shape index (κ1) is 8.57. The van der Waals surface area contributed by atoms with E-state index in [0.29, 0.717) is 11.3 Å². The van der Waals surface area contributed by atoms with Gasteiger partial charge in [0.2, 0.25) is 0 Å². The lowest BCUT2D eigenvalue weighted by Gasteiger charge is -1.90. The summed E-state index contributed by atoms with van der Waals surface area (Å²) in [6.07, 6.45) is -2.65. The number of hydrogen-bond donors (Lipinski definition) is 2. The molecule has 3 nitrogen and oxygen atoms in total. The molecule has 1 aromatic heterocycles. The Morgan fingerprint density at radius 1 is 1.55 bits per heavy atom. The first-order chi connectivity index (χ1) is 5.11. The summed E-state index contributed by atoms with van der Waals surface area (Å²) in [5, 5.41) is 17.7. The van der Waals surface area contributed by atoms with E-state index in [4.69, 9.17) is 10.0 Å². The van der Waals surface area contributed by atoms with E-state index in [0.717, 1.165) is 0 Å². The van der Waals surface area contributed by atoms with Crippen LogP contribution in [0, 0.1) is 0 Å². The molecule has 1 heterocycles. The normalized spacial score (nSPS) is 10.6. The van der Waals surface area contributed by atoms with Gasteiger partial charge < -0.3 is 10.0 Å². The molecular formula is C4H4BF2NO2S. The SMILES string of the molecule is OB(O)c1csc(C(F)F)n1. The van der Waals surface area contributed by atoms with Crippen molar-refractivity contribution in [3.05, 3.63) is 10.4 Å². The fraction of sp³-hybridized carbons (Fsp3) is 0.250. The van der Waals surface area contributed by atoms with E-state index < -0.39 is 18.6 Å². The third-order valence-corrected chi connectivity index (χ3v) is 1.86. The molecule has 0 saturated carbocycles. The van der Waals surface area contributed by atoms with Gasteiger partial charge in [0, 0.05) is 5.38 Å². The standard InChI is InChI=1S/C4H4BF2NO2S/c6-3(7)4-8-2(1-11-4)5(9)10/h1,3,9-10H. The van der Waals surface area contributed by atoms with Gasteiger partial charge in [-0.25, -0.2) is 13.8 Å². The van der Waals surface area contributed by atoms with E-state index in [1.165, 1.54) is 5.38 Å². The zero-order chi connectivity index (χ0) is 8.43. The Labute approximate surface area is 65.5 Å². The second-order valence-electron chi connectivity index (χ2n) is 1.78. The molecule has 0 aliphatic heterocycles. The maximum Gasteiger partial charge on any atom is 0.509 e. The van der Waals surface area contributed by atoms with Crippen LogP contribution in [0.1, 0.15) is 11.4 Å². The molecule has 0 fully saturated rings. The summed E-state index contributed by atoms with van der Waals surface area (Å²) in [6.45, 7) is 0. The number of halogens is 2. The first-order valence-electron chi connectivity index (χ1n) is 2.71. The number of aromatic nitrogens is 1. The van der Waals surface area contributed by atoms with Crippen molar-refractivity contribution in [2.24, 2.45) is 0 Å². The topological polar surface area (TPSA) is 53.4 Å². The van der Waals surface area contributed by atoms with Crippen molar-refractivity contribution in [2.75, 3.05) is 0 Å². The van der Waals surface area contributed by atoms with Gasteiger partial charge in [-0.3, -0.25) is 0 Å². The van der Waals surface area contributed by atoms with Crippen LogP contribution < -0.4 is 5.59 Å². The second-order valence-corrected chi connectivity index (χ2v) is 2.67. The molecule has 0 amide bonds. The summed E-state index contributed by atoms with van der Waals surface area (Å²) in [6, 6.07) is 0. The van der Waals surface area contributed by atoms with Crippen LogP contribution >= 0.6 is 11.3 Å². The van der Waals surface area contributed by atoms with Gasteiger partial charge in [-0.05, 0) is 0 Å². The lowest BCUT2D eigenvalue weighted by Crippen LogP contribution is -2.30. The van der Waals surface area contributed by atoms with Crippen LogP contribution in [0.25, 0.3) is 0 Å². The van der Waals surface area contributed by atoms with Crippen molar-refractivity contribution in [1.29, 1.82) is 0 Å². The van der Waals surface area contributed by atoms with Gasteiger partial charge in [-0.2, -0.15) is 0 Å². The van der Waals surface area contributed by atoms with Crippen LogP contribution in [-0.4, -0.2) is 22.2 Å². The molecule has 1 aromatic rings. The minimum atomic E-state index is -2.65. The van der Waals surface area contributed by atoms with Crippen molar-refractivity contribution >= 4 is 24.0 Å². The average Bonchev–Trinajstić information content (AvgIpc) is 2.33. The molecule has 0 bridgehead atoms. The third-order valence-electron chi connectivity index (χ3n) is 0.991. The Morgan fingerprint density at radius 3 is 2.45 bits per heavy atom. The molecule has 0 aliphatic rings. The Kier molecular flexibility index (Phi) is 2.53. The van der Waals surface area contributed by atoms with Gasteiger partial charge in [0.05, 0.1) is 5.59 Å². The Bertz CT molecular complexity index is 219. The predicted molar refractivity (Wildman–Crippen MR) is 36.9 cm³/mol. The molecule has 60 valence electrons. The lowest BCUT2D eigenvalue weighted by molar-refractivity contribution is 0.151. The molecule has 0 aliphatic carbocycles. The van der Waals surface area contributed by atoms with Crippen LogP contribution in [0.2, 0.25) is 0 Å². The summed E-state index contributed by atoms with van der Waals surface area (Å²) in [4.78, 5) is 3.28. The van der Waals surface area contributed by atoms with Gasteiger partial charge in [0.1, 0.15) is 0 Å². The molecular weight excluding hydrogens is 175 g/mol. The summed E-state index contributed by atoms with van der Waals surface area (Å²) in [5.41, 5.74) is -0.134. The fourth-order valence-electron chi connectivity index (χ4n) is 0.520. The van der Waals surface area contributed by atoms with Crippen molar-refractivity contribution in [2.45, 2.75) is 6.43 Å². The van der Waals surface area contributed by atoms with Crippen LogP contribution in [0.4, 0.5) is 8.78 Å². The van der Waals surface area contributed by atoms with Crippen LogP contribution in [0.15, 0.2) is 5.38 Å². The predicted octanol–water partition coefficient (Wildman–Crippen LogP) is -0.240. The molecule has 0 atom stereocenters. The summed E-state index contributed by atoms with van der Waals surface area (Å²) in [5.74, 6) is 0. The zero-order valence-corrected chi connectivity index (χ0v) is 6.05. The highest BCUT2D eigenvalue weighted by Gasteiger charge is 2.18. The maximum absolute atomic E-state index is 11.8. The molecule has 0 saturated heterocycles. The highest BCUT2D eigenvalue weighted by Crippen LogP contribution is 2.19. The minimum absolute atomic E-state index is 0.134. The van der Waals surface area contributed by atoms with Gasteiger partial charge in [-0.1, -0.05) is 0 Å². The minimum Gasteiger partial charge on any atom is -0.422 e. The fourth-order valence-corrected chi connectivity index (χ4v) is 1.20. The van der Waals surface area contributed by atoms with E-state index in [2.05, 4.69) is 4.98 Å². The molecule has 2 N–H and O–H groups in total. The number of nitrogens with zero attached hydrogens (tertiary/aromatic N) is 1. The van der Waals surface area contributed by atoms with E-state index >= 15 is 0 Å². The second kappa shape index (κ2) is 3.25. The first-order valence-corrected chi connectivity index (χ1v) is 3.59.